The molecule has 0 bridgehead atoms. The van der Waals surface area contributed by atoms with Crippen molar-refractivity contribution in [3.63, 3.8) is 0 Å². The van der Waals surface area contributed by atoms with Crippen LogP contribution < -0.4 is 51.4 Å². The van der Waals surface area contributed by atoms with E-state index in [1.54, 1.807) is 12.2 Å². The Kier molecular flexibility index (Phi) is 3.82. The molecule has 13 heavy (non-hydrogen) atoms. The van der Waals surface area contributed by atoms with E-state index >= 15 is 0 Å². The molecule has 2 aliphatic rings. The SMILES string of the molecule is O=C1[N-]C(=O)C2=C1C=CC=CC2.[K+]. The Balaban J connectivity index is 0.000000845. The first-order valence-corrected chi connectivity index (χ1v) is 3.66. The van der Waals surface area contributed by atoms with Gasteiger partial charge in [0.1, 0.15) is 0 Å². The fourth-order valence-electron chi connectivity index (χ4n) is 1.25. The second-order valence-corrected chi connectivity index (χ2v) is 2.61. The van der Waals surface area contributed by atoms with Crippen molar-refractivity contribution in [2.45, 2.75) is 6.42 Å². The van der Waals surface area contributed by atoms with Crippen molar-refractivity contribution in [1.82, 2.24) is 0 Å². The Hall–Kier alpha value is -0.00364. The van der Waals surface area contributed by atoms with Gasteiger partial charge in [0.2, 0.25) is 0 Å². The van der Waals surface area contributed by atoms with Crippen LogP contribution in [-0.2, 0) is 9.59 Å². The zero-order valence-electron chi connectivity index (χ0n) is 7.28. The van der Waals surface area contributed by atoms with Gasteiger partial charge in [-0.25, -0.2) is 0 Å². The fraction of sp³-hybridized carbons (Fsp3) is 0.111. The summed E-state index contributed by atoms with van der Waals surface area (Å²) in [4.78, 5) is 22.1. The normalized spacial score (nSPS) is 19.4. The van der Waals surface area contributed by atoms with Crippen molar-refractivity contribution in [1.29, 1.82) is 0 Å². The molecule has 60 valence electrons. The number of rotatable bonds is 0. The standard InChI is InChI=1S/C9H7NO2.K/c11-8-6-4-2-1-3-5-7(6)9(12)10-8;/h1-4H,5H2,(H,10,11,12);/q;+1/p-1. The Bertz CT molecular complexity index is 353. The number of hydrogen-bond donors (Lipinski definition) is 0. The molecule has 1 heterocycles. The van der Waals surface area contributed by atoms with Gasteiger partial charge in [0.05, 0.1) is 11.8 Å². The summed E-state index contributed by atoms with van der Waals surface area (Å²) in [6.07, 6.45) is 7.55. The maximum atomic E-state index is 11.1. The molecule has 0 radical (unpaired) electrons. The summed E-state index contributed by atoms with van der Waals surface area (Å²) in [5.41, 5.74) is 0.968. The monoisotopic (exact) mass is 199 g/mol. The second-order valence-electron chi connectivity index (χ2n) is 2.61. The van der Waals surface area contributed by atoms with Gasteiger partial charge in [-0.15, -0.1) is 0 Å². The molecule has 2 rings (SSSR count). The number of imide groups is 1. The zero-order valence-corrected chi connectivity index (χ0v) is 10.4. The van der Waals surface area contributed by atoms with Gasteiger partial charge in [-0.05, 0) is 12.0 Å². The Morgan fingerprint density at radius 1 is 1.15 bits per heavy atom. The first-order valence-electron chi connectivity index (χ1n) is 3.66. The van der Waals surface area contributed by atoms with E-state index in [1.807, 2.05) is 12.2 Å². The minimum atomic E-state index is -0.407. The molecule has 0 aromatic carbocycles. The smallest absolute Gasteiger partial charge is 0.588 e. The molecule has 3 nitrogen and oxygen atoms in total. The molecule has 0 aromatic rings. The van der Waals surface area contributed by atoms with Crippen LogP contribution in [0.5, 0.6) is 0 Å². The summed E-state index contributed by atoms with van der Waals surface area (Å²) in [5.74, 6) is -0.791. The number of allylic oxidation sites excluding steroid dienone is 3. The maximum Gasteiger partial charge on any atom is 1.00 e. The van der Waals surface area contributed by atoms with Crippen LogP contribution in [0.25, 0.3) is 5.32 Å². The molecule has 0 saturated carbocycles. The van der Waals surface area contributed by atoms with Gasteiger partial charge < -0.3 is 14.9 Å². The van der Waals surface area contributed by atoms with Gasteiger partial charge in [-0.3, -0.25) is 0 Å². The van der Waals surface area contributed by atoms with E-state index in [0.717, 1.165) is 0 Å². The largest absolute Gasteiger partial charge is 1.00 e. The molecule has 0 unspecified atom stereocenters. The first kappa shape index (κ1) is 11.1. The molecule has 0 spiro atoms. The summed E-state index contributed by atoms with van der Waals surface area (Å²) in [5, 5.41) is 3.34. The van der Waals surface area contributed by atoms with Gasteiger partial charge in [-0.1, -0.05) is 24.3 Å². The molecule has 0 saturated heterocycles. The maximum absolute atomic E-state index is 11.1. The van der Waals surface area contributed by atoms with Gasteiger partial charge in [-0.2, -0.15) is 0 Å². The third-order valence-electron chi connectivity index (χ3n) is 1.85. The predicted molar refractivity (Wildman–Crippen MR) is 43.3 cm³/mol. The average Bonchev–Trinajstić information content (AvgIpc) is 2.29. The topological polar surface area (TPSA) is 48.2 Å². The van der Waals surface area contributed by atoms with Gasteiger partial charge >= 0.3 is 51.4 Å². The Labute approximate surface area is 118 Å². The predicted octanol–water partition coefficient (Wildman–Crippen LogP) is -1.76. The third kappa shape index (κ3) is 2.08. The van der Waals surface area contributed by atoms with Crippen molar-refractivity contribution >= 4 is 11.8 Å². The fourth-order valence-corrected chi connectivity index (χ4v) is 1.25. The minimum absolute atomic E-state index is 0. The van der Waals surface area contributed by atoms with Crippen LogP contribution in [0.3, 0.4) is 0 Å². The average molecular weight is 199 g/mol. The number of hydrogen-bond acceptors (Lipinski definition) is 2. The van der Waals surface area contributed by atoms with E-state index in [-0.39, 0.29) is 57.3 Å². The molecular formula is C9H6KNO2. The molecular weight excluding hydrogens is 193 g/mol. The van der Waals surface area contributed by atoms with Crippen molar-refractivity contribution in [2.75, 3.05) is 0 Å². The van der Waals surface area contributed by atoms with E-state index in [4.69, 9.17) is 0 Å². The summed E-state index contributed by atoms with van der Waals surface area (Å²) < 4.78 is 0. The van der Waals surface area contributed by atoms with E-state index < -0.39 is 5.91 Å². The van der Waals surface area contributed by atoms with E-state index in [0.29, 0.717) is 17.6 Å². The third-order valence-corrected chi connectivity index (χ3v) is 1.85. The second kappa shape index (κ2) is 4.48. The van der Waals surface area contributed by atoms with Crippen LogP contribution in [-0.4, -0.2) is 11.8 Å². The van der Waals surface area contributed by atoms with Crippen LogP contribution in [0, 0.1) is 0 Å². The molecule has 1 aliphatic carbocycles. The van der Waals surface area contributed by atoms with Crippen molar-refractivity contribution < 1.29 is 61.0 Å². The molecule has 0 fully saturated rings. The first-order chi connectivity index (χ1) is 5.79. The van der Waals surface area contributed by atoms with Gasteiger partial charge in [0.15, 0.2) is 0 Å². The van der Waals surface area contributed by atoms with Crippen LogP contribution in [0.4, 0.5) is 0 Å². The van der Waals surface area contributed by atoms with Crippen LogP contribution >= 0.6 is 0 Å². The summed E-state index contributed by atoms with van der Waals surface area (Å²) in [6.45, 7) is 0. The summed E-state index contributed by atoms with van der Waals surface area (Å²) >= 11 is 0. The molecule has 2 amide bonds. The minimum Gasteiger partial charge on any atom is -0.588 e. The van der Waals surface area contributed by atoms with Crippen LogP contribution in [0.1, 0.15) is 6.42 Å². The van der Waals surface area contributed by atoms with Crippen LogP contribution in [0.15, 0.2) is 35.5 Å². The zero-order chi connectivity index (χ0) is 8.55. The number of nitrogens with zero attached hydrogens (tertiary/aromatic N) is 1. The molecule has 0 aromatic heterocycles. The molecule has 0 atom stereocenters. The molecule has 4 heteroatoms. The Morgan fingerprint density at radius 2 is 1.92 bits per heavy atom. The van der Waals surface area contributed by atoms with Gasteiger partial charge in [0, 0.05) is 5.57 Å². The van der Waals surface area contributed by atoms with Crippen molar-refractivity contribution in [3.8, 4) is 0 Å². The van der Waals surface area contributed by atoms with E-state index in [9.17, 15) is 9.59 Å². The van der Waals surface area contributed by atoms with Crippen LogP contribution in [0.2, 0.25) is 0 Å². The van der Waals surface area contributed by atoms with E-state index in [2.05, 4.69) is 5.32 Å². The van der Waals surface area contributed by atoms with Gasteiger partial charge in [0.25, 0.3) is 0 Å². The number of carbonyl (C=O) groups is 2. The molecule has 1 aliphatic heterocycles. The molecule has 0 N–H and O–H groups in total. The van der Waals surface area contributed by atoms with Crippen molar-refractivity contribution in [3.05, 3.63) is 40.8 Å². The van der Waals surface area contributed by atoms with E-state index in [1.165, 1.54) is 0 Å². The van der Waals surface area contributed by atoms with Crippen molar-refractivity contribution in [2.24, 2.45) is 0 Å². The number of amides is 2. The Morgan fingerprint density at radius 3 is 2.69 bits per heavy atom. The quantitative estimate of drug-likeness (QED) is 0.343. The number of carbonyl (C=O) groups excluding carboxylic acids is 2. The summed E-state index contributed by atoms with van der Waals surface area (Å²) in [6, 6.07) is 0. The summed E-state index contributed by atoms with van der Waals surface area (Å²) in [7, 11) is 0.